The highest BCUT2D eigenvalue weighted by Gasteiger charge is 2.32. The fourth-order valence-corrected chi connectivity index (χ4v) is 4.01. The summed E-state index contributed by atoms with van der Waals surface area (Å²) in [5.74, 6) is 1.09. The number of rotatable bonds is 2. The van der Waals surface area contributed by atoms with Gasteiger partial charge in [-0.25, -0.2) is 0 Å². The van der Waals surface area contributed by atoms with E-state index in [4.69, 9.17) is 11.6 Å². The molecule has 2 fully saturated rings. The maximum atomic E-state index is 9.49. The Morgan fingerprint density at radius 3 is 2.79 bits per heavy atom. The van der Waals surface area contributed by atoms with E-state index in [0.717, 1.165) is 18.5 Å². The van der Waals surface area contributed by atoms with Gasteiger partial charge in [0.2, 0.25) is 0 Å². The van der Waals surface area contributed by atoms with Gasteiger partial charge in [0, 0.05) is 12.6 Å². The fraction of sp³-hybridized carbons (Fsp3) is 0.625. The van der Waals surface area contributed by atoms with E-state index in [9.17, 15) is 5.11 Å². The van der Waals surface area contributed by atoms with Crippen LogP contribution < -0.4 is 0 Å². The Balaban J connectivity index is 1.72. The van der Waals surface area contributed by atoms with Gasteiger partial charge in [-0.05, 0) is 55.8 Å². The van der Waals surface area contributed by atoms with Crippen LogP contribution in [0, 0.1) is 5.92 Å². The lowest BCUT2D eigenvalue weighted by molar-refractivity contribution is 0.0547. The maximum absolute atomic E-state index is 9.49. The number of likely N-dealkylation sites (tertiary alicyclic amines) is 1. The first-order chi connectivity index (χ1) is 9.24. The number of halogens is 1. The largest absolute Gasteiger partial charge is 0.506 e. The van der Waals surface area contributed by atoms with Crippen LogP contribution in [0.15, 0.2) is 18.2 Å². The summed E-state index contributed by atoms with van der Waals surface area (Å²) in [6, 6.07) is 6.38. The van der Waals surface area contributed by atoms with Crippen molar-refractivity contribution in [3.63, 3.8) is 0 Å². The summed E-state index contributed by atoms with van der Waals surface area (Å²) in [6.07, 6.45) is 8.31. The molecule has 104 valence electrons. The van der Waals surface area contributed by atoms with Crippen LogP contribution in [0.2, 0.25) is 5.02 Å². The number of phenolic OH excluding ortho intramolecular Hbond substituents is 1. The number of hydrogen-bond donors (Lipinski definition) is 1. The van der Waals surface area contributed by atoms with Gasteiger partial charge in [-0.1, -0.05) is 30.5 Å². The van der Waals surface area contributed by atoms with E-state index in [1.807, 2.05) is 12.1 Å². The second-order valence-corrected chi connectivity index (χ2v) is 6.42. The molecule has 2 atom stereocenters. The van der Waals surface area contributed by atoms with Crippen LogP contribution in [-0.2, 0) is 6.54 Å². The molecule has 2 unspecified atom stereocenters. The second kappa shape index (κ2) is 5.72. The summed E-state index contributed by atoms with van der Waals surface area (Å²) in [4.78, 5) is 2.63. The minimum atomic E-state index is 0.180. The van der Waals surface area contributed by atoms with Gasteiger partial charge in [-0.3, -0.25) is 4.90 Å². The van der Waals surface area contributed by atoms with E-state index < -0.39 is 0 Å². The zero-order chi connectivity index (χ0) is 13.2. The summed E-state index contributed by atoms with van der Waals surface area (Å²) in [5, 5.41) is 9.96. The molecule has 1 saturated heterocycles. The first-order valence-corrected chi connectivity index (χ1v) is 7.83. The molecular formula is C16H22ClNO. The Morgan fingerprint density at radius 2 is 1.95 bits per heavy atom. The van der Waals surface area contributed by atoms with Gasteiger partial charge >= 0.3 is 0 Å². The second-order valence-electron chi connectivity index (χ2n) is 6.01. The van der Waals surface area contributed by atoms with Crippen molar-refractivity contribution in [2.75, 3.05) is 6.54 Å². The third-order valence-corrected chi connectivity index (χ3v) is 5.06. The normalized spacial score (nSPS) is 28.1. The Labute approximate surface area is 120 Å². The molecule has 19 heavy (non-hydrogen) atoms. The van der Waals surface area contributed by atoms with Crippen LogP contribution in [-0.4, -0.2) is 22.6 Å². The van der Waals surface area contributed by atoms with E-state index in [-0.39, 0.29) is 5.75 Å². The molecule has 1 heterocycles. The van der Waals surface area contributed by atoms with Gasteiger partial charge < -0.3 is 5.11 Å². The Bertz CT molecular complexity index is 446. The van der Waals surface area contributed by atoms with E-state index in [1.165, 1.54) is 50.6 Å². The number of piperidine rings is 1. The molecule has 1 saturated carbocycles. The molecule has 0 amide bonds. The van der Waals surface area contributed by atoms with Crippen molar-refractivity contribution in [3.05, 3.63) is 28.8 Å². The minimum absolute atomic E-state index is 0.180. The van der Waals surface area contributed by atoms with Crippen molar-refractivity contribution < 1.29 is 5.11 Å². The van der Waals surface area contributed by atoms with Crippen molar-refractivity contribution in [3.8, 4) is 5.75 Å². The predicted octanol–water partition coefficient (Wildman–Crippen LogP) is 4.20. The first kappa shape index (κ1) is 13.3. The topological polar surface area (TPSA) is 23.5 Å². The van der Waals surface area contributed by atoms with Gasteiger partial charge in [0.25, 0.3) is 0 Å². The van der Waals surface area contributed by atoms with Crippen LogP contribution in [0.25, 0.3) is 0 Å². The average Bonchev–Trinajstić information content (AvgIpc) is 2.43. The number of benzene rings is 1. The predicted molar refractivity (Wildman–Crippen MR) is 78.5 cm³/mol. The molecule has 1 aromatic carbocycles. The summed E-state index contributed by atoms with van der Waals surface area (Å²) < 4.78 is 0. The Morgan fingerprint density at radius 1 is 1.16 bits per heavy atom. The number of phenols is 1. The van der Waals surface area contributed by atoms with Crippen LogP contribution in [0.3, 0.4) is 0 Å². The van der Waals surface area contributed by atoms with Crippen molar-refractivity contribution in [2.24, 2.45) is 5.92 Å². The molecule has 0 radical (unpaired) electrons. The van der Waals surface area contributed by atoms with E-state index >= 15 is 0 Å². The molecule has 3 rings (SSSR count). The van der Waals surface area contributed by atoms with Crippen LogP contribution in [0.5, 0.6) is 5.75 Å². The summed E-state index contributed by atoms with van der Waals surface area (Å²) in [7, 11) is 0. The SMILES string of the molecule is Oc1ccc(CN2CCCC3CCCCC32)cc1Cl. The lowest BCUT2D eigenvalue weighted by Gasteiger charge is -2.44. The molecule has 1 N–H and O–H groups in total. The highest BCUT2D eigenvalue weighted by atomic mass is 35.5. The molecule has 0 bridgehead atoms. The monoisotopic (exact) mass is 279 g/mol. The fourth-order valence-electron chi connectivity index (χ4n) is 3.81. The average molecular weight is 280 g/mol. The quantitative estimate of drug-likeness (QED) is 0.877. The molecule has 0 spiro atoms. The highest BCUT2D eigenvalue weighted by Crippen LogP contribution is 2.36. The molecular weight excluding hydrogens is 258 g/mol. The number of aromatic hydroxyl groups is 1. The highest BCUT2D eigenvalue weighted by molar-refractivity contribution is 6.32. The van der Waals surface area contributed by atoms with Crippen molar-refractivity contribution in [1.29, 1.82) is 0 Å². The third-order valence-electron chi connectivity index (χ3n) is 4.76. The third kappa shape index (κ3) is 2.90. The lowest BCUT2D eigenvalue weighted by Crippen LogP contribution is -2.46. The summed E-state index contributed by atoms with van der Waals surface area (Å²) >= 11 is 6.00. The lowest BCUT2D eigenvalue weighted by atomic mass is 9.78. The molecule has 0 aromatic heterocycles. The number of hydrogen-bond acceptors (Lipinski definition) is 2. The first-order valence-electron chi connectivity index (χ1n) is 7.45. The van der Waals surface area contributed by atoms with Crippen molar-refractivity contribution in [1.82, 2.24) is 4.90 Å². The standard InChI is InChI=1S/C16H22ClNO/c17-14-10-12(7-8-16(14)19)11-18-9-3-5-13-4-1-2-6-15(13)18/h7-8,10,13,15,19H,1-6,9,11H2. The zero-order valence-corrected chi connectivity index (χ0v) is 12.1. The molecule has 1 aromatic rings. The van der Waals surface area contributed by atoms with E-state index in [0.29, 0.717) is 5.02 Å². The van der Waals surface area contributed by atoms with E-state index in [2.05, 4.69) is 4.90 Å². The zero-order valence-electron chi connectivity index (χ0n) is 11.3. The van der Waals surface area contributed by atoms with Crippen LogP contribution in [0.1, 0.15) is 44.1 Å². The summed E-state index contributed by atoms with van der Waals surface area (Å²) in [6.45, 7) is 2.18. The van der Waals surface area contributed by atoms with Gasteiger partial charge in [0.15, 0.2) is 0 Å². The van der Waals surface area contributed by atoms with Crippen LogP contribution in [0.4, 0.5) is 0 Å². The Hall–Kier alpha value is -0.730. The molecule has 1 aliphatic carbocycles. The minimum Gasteiger partial charge on any atom is -0.506 e. The molecule has 2 aliphatic rings. The number of fused-ring (bicyclic) bond motifs is 1. The smallest absolute Gasteiger partial charge is 0.134 e. The van der Waals surface area contributed by atoms with Crippen LogP contribution >= 0.6 is 11.6 Å². The maximum Gasteiger partial charge on any atom is 0.134 e. The molecule has 2 nitrogen and oxygen atoms in total. The van der Waals surface area contributed by atoms with Gasteiger partial charge in [0.1, 0.15) is 5.75 Å². The molecule has 3 heteroatoms. The van der Waals surface area contributed by atoms with Gasteiger partial charge in [0.05, 0.1) is 5.02 Å². The van der Waals surface area contributed by atoms with Gasteiger partial charge in [-0.15, -0.1) is 0 Å². The Kier molecular flexibility index (Phi) is 3.99. The van der Waals surface area contributed by atoms with Gasteiger partial charge in [-0.2, -0.15) is 0 Å². The number of nitrogens with zero attached hydrogens (tertiary/aromatic N) is 1. The summed E-state index contributed by atoms with van der Waals surface area (Å²) in [5.41, 5.74) is 1.22. The van der Waals surface area contributed by atoms with E-state index in [1.54, 1.807) is 6.07 Å². The van der Waals surface area contributed by atoms with Crippen molar-refractivity contribution in [2.45, 2.75) is 51.1 Å². The van der Waals surface area contributed by atoms with Crippen molar-refractivity contribution >= 4 is 11.6 Å². The molecule has 1 aliphatic heterocycles.